The van der Waals surface area contributed by atoms with Crippen LogP contribution in [-0.4, -0.2) is 74.2 Å². The molecule has 0 heterocycles. The van der Waals surface area contributed by atoms with Crippen molar-refractivity contribution in [2.24, 2.45) is 50.7 Å². The first kappa shape index (κ1) is 36.9. The molecule has 9 heteroatoms. The molecule has 8 nitrogen and oxygen atoms in total. The summed E-state index contributed by atoms with van der Waals surface area (Å²) in [6.07, 6.45) is 2.81. The van der Waals surface area contributed by atoms with Gasteiger partial charge in [-0.2, -0.15) is 12.6 Å². The van der Waals surface area contributed by atoms with E-state index in [0.717, 1.165) is 31.3 Å². The molecule has 4 N–H and O–H groups in total. The second-order valence-electron chi connectivity index (χ2n) is 17.7. The Morgan fingerprint density at radius 3 is 2.19 bits per heavy atom. The average molecular weight is 677 g/mol. The van der Waals surface area contributed by atoms with Crippen LogP contribution in [0.15, 0.2) is 23.3 Å². The third kappa shape index (κ3) is 4.90. The third-order valence-corrected chi connectivity index (χ3v) is 15.4. The van der Waals surface area contributed by atoms with Gasteiger partial charge in [-0.25, -0.2) is 4.79 Å². The number of aliphatic hydroxyl groups is 4. The van der Waals surface area contributed by atoms with Crippen LogP contribution >= 0.6 is 12.6 Å². The molecule has 0 aromatic rings. The second-order valence-corrected chi connectivity index (χ2v) is 18.6. The summed E-state index contributed by atoms with van der Waals surface area (Å²) in [6.45, 7) is 19.0. The van der Waals surface area contributed by atoms with Crippen LogP contribution in [0.5, 0.6) is 0 Å². The van der Waals surface area contributed by atoms with Crippen molar-refractivity contribution in [1.29, 1.82) is 0 Å². The van der Waals surface area contributed by atoms with Crippen LogP contribution in [0.4, 0.5) is 0 Å². The Hall–Kier alpha value is -1.39. The van der Waals surface area contributed by atoms with Crippen molar-refractivity contribution < 1.29 is 39.5 Å². The third-order valence-electron chi connectivity index (χ3n) is 14.8. The highest BCUT2D eigenvalue weighted by molar-refractivity contribution is 7.81. The molecule has 0 aromatic heterocycles. The van der Waals surface area contributed by atoms with Gasteiger partial charge < -0.3 is 29.9 Å². The van der Waals surface area contributed by atoms with Crippen molar-refractivity contribution in [3.8, 4) is 0 Å². The topological polar surface area (TPSA) is 134 Å². The first-order valence-corrected chi connectivity index (χ1v) is 18.2. The molecule has 0 spiro atoms. The number of allylic oxidation sites excluding steroid dienone is 2. The molecule has 5 aliphatic carbocycles. The summed E-state index contributed by atoms with van der Waals surface area (Å²) in [5.41, 5.74) is -2.26. The predicted molar refractivity (Wildman–Crippen MR) is 183 cm³/mol. The molecule has 0 radical (unpaired) electrons. The van der Waals surface area contributed by atoms with E-state index in [0.29, 0.717) is 18.4 Å². The van der Waals surface area contributed by atoms with Gasteiger partial charge in [0.2, 0.25) is 0 Å². The number of esters is 2. The number of hydrogen-bond donors (Lipinski definition) is 5. The Balaban J connectivity index is 1.68. The molecule has 4 saturated carbocycles. The van der Waals surface area contributed by atoms with E-state index in [-0.39, 0.29) is 17.3 Å². The van der Waals surface area contributed by atoms with Gasteiger partial charge in [0, 0.05) is 21.2 Å². The van der Waals surface area contributed by atoms with E-state index in [9.17, 15) is 30.0 Å². The summed E-state index contributed by atoms with van der Waals surface area (Å²) >= 11 is 5.06. The van der Waals surface area contributed by atoms with Crippen LogP contribution in [0.25, 0.3) is 0 Å². The van der Waals surface area contributed by atoms with Crippen molar-refractivity contribution in [2.75, 3.05) is 6.61 Å². The van der Waals surface area contributed by atoms with Gasteiger partial charge in [-0.3, -0.25) is 4.79 Å². The molecule has 13 atom stereocenters. The summed E-state index contributed by atoms with van der Waals surface area (Å²) in [7, 11) is 0. The van der Waals surface area contributed by atoms with Crippen LogP contribution in [0.1, 0.15) is 108 Å². The van der Waals surface area contributed by atoms with E-state index in [4.69, 9.17) is 22.1 Å². The van der Waals surface area contributed by atoms with Crippen LogP contribution in [-0.2, 0) is 19.1 Å². The van der Waals surface area contributed by atoms with Crippen molar-refractivity contribution in [3.05, 3.63) is 23.3 Å². The molecule has 266 valence electrons. The standard InChI is InChI=1S/C38H60O8S/c1-11-21(4)32(44)45-29-30(46-31(43)20(2)3)38(19-39)23(18-33(29,5)6)22-12-13-24-34(7)16-15-26(40)37(10,47)25(34)14-17-35(24,8)36(22,9)27(41)28(38)42/h11-12,20,23-30,39-42,47H,13-19H2,1-10H3/b21-11-/t23?,24?,25?,26-,27-,28+,29-,30-,34+,35+,36-,37-,38-/m0/s1. The van der Waals surface area contributed by atoms with E-state index in [2.05, 4.69) is 33.8 Å². The summed E-state index contributed by atoms with van der Waals surface area (Å²) < 4.78 is 11.8. The van der Waals surface area contributed by atoms with Crippen molar-refractivity contribution in [2.45, 2.75) is 143 Å². The minimum absolute atomic E-state index is 0.144. The average Bonchev–Trinajstić information content (AvgIpc) is 2.99. The fourth-order valence-electron chi connectivity index (χ4n) is 11.5. The van der Waals surface area contributed by atoms with Crippen LogP contribution < -0.4 is 0 Å². The van der Waals surface area contributed by atoms with E-state index in [1.807, 2.05) is 13.8 Å². The minimum Gasteiger partial charge on any atom is -0.457 e. The lowest BCUT2D eigenvalue weighted by atomic mass is 9.33. The van der Waals surface area contributed by atoms with Gasteiger partial charge in [0.1, 0.15) is 6.10 Å². The van der Waals surface area contributed by atoms with Crippen LogP contribution in [0.2, 0.25) is 0 Å². The van der Waals surface area contributed by atoms with Gasteiger partial charge in [0.15, 0.2) is 6.10 Å². The largest absolute Gasteiger partial charge is 0.457 e. The Kier molecular flexibility index (Phi) is 9.30. The number of fused-ring (bicyclic) bond motifs is 7. The Morgan fingerprint density at radius 2 is 1.62 bits per heavy atom. The fraction of sp³-hybridized carbons (Fsp3) is 0.842. The quantitative estimate of drug-likeness (QED) is 0.113. The van der Waals surface area contributed by atoms with Crippen molar-refractivity contribution in [1.82, 2.24) is 0 Å². The Bertz CT molecular complexity index is 1340. The van der Waals surface area contributed by atoms with Gasteiger partial charge in [-0.05, 0) is 87.9 Å². The first-order chi connectivity index (χ1) is 21.6. The monoisotopic (exact) mass is 676 g/mol. The molecule has 3 unspecified atom stereocenters. The molecule has 4 fully saturated rings. The molecule has 0 aliphatic heterocycles. The van der Waals surface area contributed by atoms with E-state index < -0.39 is 87.3 Å². The van der Waals surface area contributed by atoms with E-state index in [1.165, 1.54) is 0 Å². The smallest absolute Gasteiger partial charge is 0.333 e. The number of aliphatic hydroxyl groups excluding tert-OH is 4. The van der Waals surface area contributed by atoms with Crippen LogP contribution in [0, 0.1) is 50.7 Å². The first-order valence-electron chi connectivity index (χ1n) is 17.7. The highest BCUT2D eigenvalue weighted by atomic mass is 32.1. The number of hydrogen-bond acceptors (Lipinski definition) is 9. The summed E-state index contributed by atoms with van der Waals surface area (Å²) in [4.78, 5) is 26.6. The minimum atomic E-state index is -1.51. The van der Waals surface area contributed by atoms with Gasteiger partial charge >= 0.3 is 11.9 Å². The maximum atomic E-state index is 13.4. The van der Waals surface area contributed by atoms with Crippen LogP contribution in [0.3, 0.4) is 0 Å². The number of ether oxygens (including phenoxy) is 2. The van der Waals surface area contributed by atoms with Gasteiger partial charge in [-0.1, -0.05) is 66.2 Å². The Labute approximate surface area is 287 Å². The highest BCUT2D eigenvalue weighted by Gasteiger charge is 2.76. The predicted octanol–water partition coefficient (Wildman–Crippen LogP) is 5.41. The maximum absolute atomic E-state index is 13.4. The normalized spacial score (nSPS) is 49.1. The second kappa shape index (κ2) is 11.9. The van der Waals surface area contributed by atoms with Crippen molar-refractivity contribution >= 4 is 24.6 Å². The fourth-order valence-corrected chi connectivity index (χ4v) is 12.1. The Morgan fingerprint density at radius 1 is 0.979 bits per heavy atom. The molecular formula is C38H60O8S. The molecule has 0 bridgehead atoms. The number of carbonyl (C=O) groups excluding carboxylic acids is 2. The number of rotatable bonds is 5. The number of thiol groups is 1. The maximum Gasteiger partial charge on any atom is 0.333 e. The molecule has 5 rings (SSSR count). The number of carbonyl (C=O) groups is 2. The van der Waals surface area contributed by atoms with Gasteiger partial charge in [0.25, 0.3) is 0 Å². The molecule has 0 saturated heterocycles. The van der Waals surface area contributed by atoms with E-state index >= 15 is 0 Å². The summed E-state index contributed by atoms with van der Waals surface area (Å²) in [5.74, 6) is -1.69. The van der Waals surface area contributed by atoms with E-state index in [1.54, 1.807) is 33.8 Å². The summed E-state index contributed by atoms with van der Waals surface area (Å²) in [6, 6.07) is 0. The van der Waals surface area contributed by atoms with Gasteiger partial charge in [0.05, 0.1) is 36.3 Å². The van der Waals surface area contributed by atoms with Gasteiger partial charge in [-0.15, -0.1) is 0 Å². The molecular weight excluding hydrogens is 616 g/mol. The molecule has 47 heavy (non-hydrogen) atoms. The van der Waals surface area contributed by atoms with Crippen molar-refractivity contribution in [3.63, 3.8) is 0 Å². The lowest BCUT2D eigenvalue weighted by Gasteiger charge is -2.73. The SMILES string of the molecule is C/C=C(/C)C(=O)O[C@H]1[C@H](OC(=O)C(C)C)[C@@]2(CO)C(CC1(C)C)C1=CCC3[C@@]4(C)CC[C@H](O)[C@@](C)(S)C4CC[C@@]3(C)[C@]1(C)[C@@H](O)[C@H]2O. The zero-order valence-electron chi connectivity index (χ0n) is 30.2. The molecule has 5 aliphatic rings. The summed E-state index contributed by atoms with van der Waals surface area (Å²) in [5, 5.41) is 47.5. The lowest BCUT2D eigenvalue weighted by molar-refractivity contribution is -0.291. The lowest BCUT2D eigenvalue weighted by Crippen LogP contribution is -2.76. The molecule has 0 aromatic carbocycles. The zero-order chi connectivity index (χ0) is 35.3. The molecule has 0 amide bonds. The highest BCUT2D eigenvalue weighted by Crippen LogP contribution is 2.75. The zero-order valence-corrected chi connectivity index (χ0v) is 31.1.